The molecule has 0 aromatic carbocycles. The molecule has 0 aromatic heterocycles. The molecule has 3 nitrogen and oxygen atoms in total. The molecule has 0 bridgehead atoms. The summed E-state index contributed by atoms with van der Waals surface area (Å²) in [5.41, 5.74) is 0. The van der Waals surface area contributed by atoms with Gasteiger partial charge in [-0.15, -0.1) is 0 Å². The van der Waals surface area contributed by atoms with Crippen molar-refractivity contribution in [2.45, 2.75) is 25.9 Å². The molecular formula is C6H15NO2. The van der Waals surface area contributed by atoms with Crippen molar-refractivity contribution in [2.75, 3.05) is 13.7 Å². The molecule has 0 heterocycles. The van der Waals surface area contributed by atoms with Gasteiger partial charge in [-0.25, -0.2) is 5.90 Å². The van der Waals surface area contributed by atoms with Crippen molar-refractivity contribution >= 4 is 0 Å². The highest BCUT2D eigenvalue weighted by molar-refractivity contribution is 4.51. The molecule has 9 heavy (non-hydrogen) atoms. The summed E-state index contributed by atoms with van der Waals surface area (Å²) in [6.45, 7) is 2.65. The minimum Gasteiger partial charge on any atom is -0.381 e. The van der Waals surface area contributed by atoms with Crippen LogP contribution in [0.25, 0.3) is 0 Å². The molecule has 0 spiro atoms. The lowest BCUT2D eigenvalue weighted by Gasteiger charge is -2.10. The van der Waals surface area contributed by atoms with Crippen molar-refractivity contribution in [3.05, 3.63) is 0 Å². The summed E-state index contributed by atoms with van der Waals surface area (Å²) < 4.78 is 5.07. The van der Waals surface area contributed by atoms with E-state index in [-0.39, 0.29) is 0 Å². The minimum absolute atomic E-state index is 0.300. The fourth-order valence-corrected chi connectivity index (χ4v) is 0.688. The lowest BCUT2D eigenvalue weighted by molar-refractivity contribution is 0.0499. The molecule has 0 fully saturated rings. The number of hydrogen-bond donors (Lipinski definition) is 1. The summed E-state index contributed by atoms with van der Waals surface area (Å²) in [4.78, 5) is 4.40. The Bertz CT molecular complexity index is 55.0. The molecule has 0 aliphatic heterocycles. The average molecular weight is 133 g/mol. The second-order valence-corrected chi connectivity index (χ2v) is 1.93. The third-order valence-electron chi connectivity index (χ3n) is 1.35. The van der Waals surface area contributed by atoms with E-state index in [4.69, 9.17) is 10.6 Å². The van der Waals surface area contributed by atoms with E-state index in [1.54, 1.807) is 7.11 Å². The van der Waals surface area contributed by atoms with Crippen LogP contribution in [0.1, 0.15) is 19.8 Å². The molecule has 2 N–H and O–H groups in total. The van der Waals surface area contributed by atoms with Gasteiger partial charge in [-0.05, 0) is 12.8 Å². The zero-order valence-electron chi connectivity index (χ0n) is 6.09. The van der Waals surface area contributed by atoms with Crippen LogP contribution in [0.4, 0.5) is 0 Å². The third-order valence-corrected chi connectivity index (χ3v) is 1.35. The van der Waals surface area contributed by atoms with E-state index < -0.39 is 0 Å². The van der Waals surface area contributed by atoms with Gasteiger partial charge in [-0.1, -0.05) is 6.92 Å². The van der Waals surface area contributed by atoms with Crippen LogP contribution < -0.4 is 5.90 Å². The first-order valence-corrected chi connectivity index (χ1v) is 3.19. The summed E-state index contributed by atoms with van der Waals surface area (Å²) >= 11 is 0. The second kappa shape index (κ2) is 6.01. The van der Waals surface area contributed by atoms with Crippen LogP contribution in [0, 0.1) is 0 Å². The highest BCUT2D eigenvalue weighted by Gasteiger charge is 2.01. The normalized spacial score (nSPS) is 13.7. The standard InChI is InChI=1S/C6H15NO2/c1-3-6(8-2)4-5-9-7/h6H,3-5,7H2,1-2H3. The van der Waals surface area contributed by atoms with Crippen molar-refractivity contribution in [3.8, 4) is 0 Å². The van der Waals surface area contributed by atoms with Gasteiger partial charge in [0.1, 0.15) is 0 Å². The van der Waals surface area contributed by atoms with Gasteiger partial charge in [0.15, 0.2) is 0 Å². The van der Waals surface area contributed by atoms with E-state index in [1.807, 2.05) is 0 Å². The lowest BCUT2D eigenvalue weighted by atomic mass is 10.2. The van der Waals surface area contributed by atoms with Gasteiger partial charge in [0.25, 0.3) is 0 Å². The summed E-state index contributed by atoms with van der Waals surface area (Å²) in [5.74, 6) is 4.83. The van der Waals surface area contributed by atoms with Gasteiger partial charge in [0.2, 0.25) is 0 Å². The van der Waals surface area contributed by atoms with Gasteiger partial charge in [-0.3, -0.25) is 0 Å². The summed E-state index contributed by atoms with van der Waals surface area (Å²) in [6.07, 6.45) is 2.19. The largest absolute Gasteiger partial charge is 0.381 e. The van der Waals surface area contributed by atoms with Crippen LogP contribution in [-0.2, 0) is 9.57 Å². The zero-order chi connectivity index (χ0) is 7.11. The zero-order valence-corrected chi connectivity index (χ0v) is 6.09. The Labute approximate surface area is 56.1 Å². The maximum Gasteiger partial charge on any atom is 0.0703 e. The molecule has 0 amide bonds. The predicted octanol–water partition coefficient (Wildman–Crippen LogP) is 0.692. The van der Waals surface area contributed by atoms with Crippen molar-refractivity contribution in [2.24, 2.45) is 5.90 Å². The van der Waals surface area contributed by atoms with E-state index in [1.165, 1.54) is 0 Å². The first-order valence-electron chi connectivity index (χ1n) is 3.19. The molecule has 0 aliphatic rings. The minimum atomic E-state index is 0.300. The Morgan fingerprint density at radius 1 is 1.56 bits per heavy atom. The molecule has 1 unspecified atom stereocenters. The molecule has 0 saturated heterocycles. The molecule has 0 aromatic rings. The van der Waals surface area contributed by atoms with Gasteiger partial charge in [-0.2, -0.15) is 0 Å². The van der Waals surface area contributed by atoms with Gasteiger partial charge >= 0.3 is 0 Å². The SMILES string of the molecule is CCC(CCON)OC. The van der Waals surface area contributed by atoms with Gasteiger partial charge in [0.05, 0.1) is 12.7 Å². The Morgan fingerprint density at radius 3 is 2.56 bits per heavy atom. The average Bonchev–Trinajstić information content (AvgIpc) is 1.91. The van der Waals surface area contributed by atoms with Gasteiger partial charge in [0, 0.05) is 7.11 Å². The van der Waals surface area contributed by atoms with Crippen molar-refractivity contribution < 1.29 is 9.57 Å². The highest BCUT2D eigenvalue weighted by Crippen LogP contribution is 2.00. The summed E-state index contributed by atoms with van der Waals surface area (Å²) in [5, 5.41) is 0. The van der Waals surface area contributed by atoms with Crippen LogP contribution >= 0.6 is 0 Å². The van der Waals surface area contributed by atoms with E-state index in [9.17, 15) is 0 Å². The first-order chi connectivity index (χ1) is 4.35. The fraction of sp³-hybridized carbons (Fsp3) is 1.00. The van der Waals surface area contributed by atoms with Crippen LogP contribution in [0.3, 0.4) is 0 Å². The summed E-state index contributed by atoms with van der Waals surface area (Å²) in [6, 6.07) is 0. The molecule has 0 radical (unpaired) electrons. The Kier molecular flexibility index (Phi) is 5.93. The van der Waals surface area contributed by atoms with E-state index >= 15 is 0 Å². The van der Waals surface area contributed by atoms with Crippen LogP contribution in [0.15, 0.2) is 0 Å². The number of rotatable bonds is 5. The Morgan fingerprint density at radius 2 is 2.22 bits per heavy atom. The Hall–Kier alpha value is -0.120. The summed E-state index contributed by atoms with van der Waals surface area (Å²) in [7, 11) is 1.70. The smallest absolute Gasteiger partial charge is 0.0703 e. The van der Waals surface area contributed by atoms with Crippen LogP contribution in [0.2, 0.25) is 0 Å². The fourth-order valence-electron chi connectivity index (χ4n) is 0.688. The number of ether oxygens (including phenoxy) is 1. The number of hydrogen-bond acceptors (Lipinski definition) is 3. The van der Waals surface area contributed by atoms with Crippen LogP contribution in [-0.4, -0.2) is 19.8 Å². The highest BCUT2D eigenvalue weighted by atomic mass is 16.6. The molecule has 0 saturated carbocycles. The second-order valence-electron chi connectivity index (χ2n) is 1.93. The molecule has 3 heteroatoms. The first kappa shape index (κ1) is 8.88. The number of nitrogens with two attached hydrogens (primary N) is 1. The molecule has 0 rings (SSSR count). The molecule has 1 atom stereocenters. The number of methoxy groups -OCH3 is 1. The predicted molar refractivity (Wildman–Crippen MR) is 35.8 cm³/mol. The van der Waals surface area contributed by atoms with Gasteiger partial charge < -0.3 is 9.57 Å². The maximum absolute atomic E-state index is 5.07. The van der Waals surface area contributed by atoms with Crippen molar-refractivity contribution in [1.29, 1.82) is 0 Å². The monoisotopic (exact) mass is 133 g/mol. The van der Waals surface area contributed by atoms with Crippen molar-refractivity contribution in [1.82, 2.24) is 0 Å². The topological polar surface area (TPSA) is 44.5 Å². The van der Waals surface area contributed by atoms with E-state index in [0.29, 0.717) is 12.7 Å². The van der Waals surface area contributed by atoms with Crippen LogP contribution in [0.5, 0.6) is 0 Å². The quantitative estimate of drug-likeness (QED) is 0.561. The molecular weight excluding hydrogens is 118 g/mol. The maximum atomic E-state index is 5.07. The molecule has 0 aliphatic carbocycles. The van der Waals surface area contributed by atoms with E-state index in [0.717, 1.165) is 12.8 Å². The van der Waals surface area contributed by atoms with E-state index in [2.05, 4.69) is 11.8 Å². The third kappa shape index (κ3) is 4.39. The lowest BCUT2D eigenvalue weighted by Crippen LogP contribution is -2.13. The van der Waals surface area contributed by atoms with Crippen molar-refractivity contribution in [3.63, 3.8) is 0 Å². The molecule has 56 valence electrons. The Balaban J connectivity index is 3.09.